The van der Waals surface area contributed by atoms with Gasteiger partial charge in [-0.05, 0) is 26.0 Å². The molecular weight excluding hydrogens is 320 g/mol. The minimum atomic E-state index is -4.17. The molecule has 0 saturated carbocycles. The van der Waals surface area contributed by atoms with Crippen molar-refractivity contribution in [3.63, 3.8) is 0 Å². The number of aromatic carboxylic acids is 1. The van der Waals surface area contributed by atoms with Crippen LogP contribution >= 0.6 is 11.6 Å². The molecule has 0 atom stereocenters. The lowest BCUT2D eigenvalue weighted by atomic mass is 10.2. The molecule has 0 aliphatic carbocycles. The molecule has 2 aromatic rings. The van der Waals surface area contributed by atoms with Crippen LogP contribution < -0.4 is 4.72 Å². The van der Waals surface area contributed by atoms with Crippen molar-refractivity contribution in [2.45, 2.75) is 18.7 Å². The maximum Gasteiger partial charge on any atom is 0.340 e. The summed E-state index contributed by atoms with van der Waals surface area (Å²) in [4.78, 5) is 14.5. The fourth-order valence-electron chi connectivity index (χ4n) is 1.89. The van der Waals surface area contributed by atoms with Crippen LogP contribution in [0.4, 0.5) is 5.69 Å². The summed E-state index contributed by atoms with van der Waals surface area (Å²) in [5.74, 6) is -1.39. The number of pyridine rings is 1. The predicted octanol–water partition coefficient (Wildman–Crippen LogP) is 2.44. The van der Waals surface area contributed by atoms with Crippen molar-refractivity contribution >= 4 is 33.3 Å². The minimum Gasteiger partial charge on any atom is -0.478 e. The van der Waals surface area contributed by atoms with Gasteiger partial charge in [0.05, 0.1) is 5.69 Å². The monoisotopic (exact) mass is 330 g/mol. The Kier molecular flexibility index (Phi) is 3.93. The number of carboxylic acid groups (broad SMARTS) is 1. The maximum atomic E-state index is 12.4. The highest BCUT2D eigenvalue weighted by atomic mass is 35.5. The molecule has 0 saturated heterocycles. The highest BCUT2D eigenvalue weighted by Gasteiger charge is 2.31. The number of nitrogens with one attached hydrogen (secondary N) is 1. The normalized spacial score (nSPS) is 11.4. The smallest absolute Gasteiger partial charge is 0.340 e. The van der Waals surface area contributed by atoms with Gasteiger partial charge in [-0.1, -0.05) is 11.6 Å². The van der Waals surface area contributed by atoms with Gasteiger partial charge < -0.3 is 9.52 Å². The summed E-state index contributed by atoms with van der Waals surface area (Å²) in [5.41, 5.74) is -0.353. The van der Waals surface area contributed by atoms with Gasteiger partial charge in [0, 0.05) is 6.20 Å². The maximum absolute atomic E-state index is 12.4. The number of aryl methyl sites for hydroxylation is 2. The molecule has 7 nitrogen and oxygen atoms in total. The van der Waals surface area contributed by atoms with Gasteiger partial charge in [-0.15, -0.1) is 0 Å². The average molecular weight is 331 g/mol. The lowest BCUT2D eigenvalue weighted by molar-refractivity contribution is 0.0691. The zero-order valence-corrected chi connectivity index (χ0v) is 12.6. The lowest BCUT2D eigenvalue weighted by Crippen LogP contribution is -2.17. The predicted molar refractivity (Wildman–Crippen MR) is 75.2 cm³/mol. The Balaban J connectivity index is 2.56. The van der Waals surface area contributed by atoms with E-state index in [1.165, 1.54) is 32.2 Å². The van der Waals surface area contributed by atoms with Crippen LogP contribution in [0.2, 0.25) is 5.15 Å². The van der Waals surface area contributed by atoms with Crippen LogP contribution in [0.25, 0.3) is 0 Å². The summed E-state index contributed by atoms with van der Waals surface area (Å²) in [6, 6.07) is 2.91. The van der Waals surface area contributed by atoms with E-state index in [1.54, 1.807) is 0 Å². The van der Waals surface area contributed by atoms with Gasteiger partial charge in [-0.2, -0.15) is 0 Å². The van der Waals surface area contributed by atoms with Crippen molar-refractivity contribution in [1.29, 1.82) is 0 Å². The quantitative estimate of drug-likeness (QED) is 0.833. The molecule has 0 bridgehead atoms. The van der Waals surface area contributed by atoms with Gasteiger partial charge in [-0.25, -0.2) is 18.2 Å². The van der Waals surface area contributed by atoms with Gasteiger partial charge in [0.1, 0.15) is 22.0 Å². The molecule has 112 valence electrons. The SMILES string of the molecule is Cc1oc(C)c(S(=O)(=O)Nc2cccnc2Cl)c1C(=O)O. The average Bonchev–Trinajstić information content (AvgIpc) is 2.67. The molecule has 0 aliphatic rings. The number of carboxylic acids is 1. The van der Waals surface area contributed by atoms with Gasteiger partial charge in [0.15, 0.2) is 5.15 Å². The van der Waals surface area contributed by atoms with Crippen LogP contribution in [0.1, 0.15) is 21.9 Å². The largest absolute Gasteiger partial charge is 0.478 e. The van der Waals surface area contributed by atoms with Gasteiger partial charge in [-0.3, -0.25) is 4.72 Å². The number of hydrogen-bond donors (Lipinski definition) is 2. The molecule has 0 aromatic carbocycles. The lowest BCUT2D eigenvalue weighted by Gasteiger charge is -2.08. The molecule has 0 aliphatic heterocycles. The fourth-order valence-corrected chi connectivity index (χ4v) is 3.59. The van der Waals surface area contributed by atoms with Crippen molar-refractivity contribution in [3.8, 4) is 0 Å². The van der Waals surface area contributed by atoms with Crippen molar-refractivity contribution in [1.82, 2.24) is 4.98 Å². The molecule has 2 N–H and O–H groups in total. The van der Waals surface area contributed by atoms with Crippen molar-refractivity contribution in [2.24, 2.45) is 0 Å². The molecule has 2 aromatic heterocycles. The molecule has 2 heterocycles. The zero-order valence-electron chi connectivity index (χ0n) is 11.0. The summed E-state index contributed by atoms with van der Waals surface area (Å²) < 4.78 is 32.1. The van der Waals surface area contributed by atoms with Gasteiger partial charge in [0.25, 0.3) is 10.0 Å². The number of rotatable bonds is 4. The summed E-state index contributed by atoms with van der Waals surface area (Å²) in [5, 5.41) is 9.11. The molecule has 0 radical (unpaired) electrons. The van der Waals surface area contributed by atoms with Crippen LogP contribution in [-0.2, 0) is 10.0 Å². The second-order valence-corrected chi connectivity index (χ2v) is 6.15. The number of nitrogens with zero attached hydrogens (tertiary/aromatic N) is 1. The van der Waals surface area contributed by atoms with E-state index in [9.17, 15) is 13.2 Å². The van der Waals surface area contributed by atoms with E-state index in [1.807, 2.05) is 0 Å². The summed E-state index contributed by atoms with van der Waals surface area (Å²) in [6.45, 7) is 2.76. The molecule has 2 rings (SSSR count). The molecule has 0 unspecified atom stereocenters. The van der Waals surface area contributed by atoms with Gasteiger partial charge in [0.2, 0.25) is 0 Å². The highest BCUT2D eigenvalue weighted by molar-refractivity contribution is 7.92. The van der Waals surface area contributed by atoms with E-state index in [0.29, 0.717) is 0 Å². The minimum absolute atomic E-state index is 0.0117. The second-order valence-electron chi connectivity index (χ2n) is 4.17. The van der Waals surface area contributed by atoms with E-state index in [4.69, 9.17) is 21.1 Å². The van der Waals surface area contributed by atoms with E-state index >= 15 is 0 Å². The first-order valence-corrected chi connectivity index (χ1v) is 7.56. The number of halogens is 1. The molecule has 0 amide bonds. The Morgan fingerprint density at radius 3 is 2.62 bits per heavy atom. The zero-order chi connectivity index (χ0) is 15.8. The van der Waals surface area contributed by atoms with Crippen LogP contribution in [0.5, 0.6) is 0 Å². The topological polar surface area (TPSA) is 110 Å². The fraction of sp³-hybridized carbons (Fsp3) is 0.167. The number of aromatic nitrogens is 1. The van der Waals surface area contributed by atoms with Crippen LogP contribution in [0.3, 0.4) is 0 Å². The van der Waals surface area contributed by atoms with Crippen LogP contribution in [-0.4, -0.2) is 24.5 Å². The standard InChI is InChI=1S/C12H11ClN2O5S/c1-6-9(12(16)17)10(7(2)20-6)21(18,19)15-8-4-3-5-14-11(8)13/h3-5,15H,1-2H3,(H,16,17). The third-order valence-corrected chi connectivity index (χ3v) is 4.51. The Hall–Kier alpha value is -2.06. The molecule has 9 heteroatoms. The van der Waals surface area contributed by atoms with Crippen LogP contribution in [0, 0.1) is 13.8 Å². The number of hydrogen-bond acceptors (Lipinski definition) is 5. The van der Waals surface area contributed by atoms with Crippen molar-refractivity contribution < 1.29 is 22.7 Å². The van der Waals surface area contributed by atoms with E-state index in [-0.39, 0.29) is 22.4 Å². The molecule has 21 heavy (non-hydrogen) atoms. The van der Waals surface area contributed by atoms with E-state index in [2.05, 4.69) is 9.71 Å². The van der Waals surface area contributed by atoms with Crippen molar-refractivity contribution in [2.75, 3.05) is 4.72 Å². The summed E-state index contributed by atoms with van der Waals surface area (Å²) in [7, 11) is -4.17. The number of sulfonamides is 1. The highest BCUT2D eigenvalue weighted by Crippen LogP contribution is 2.29. The Bertz CT molecular complexity index is 813. The number of carbonyl (C=O) groups is 1. The molecule has 0 fully saturated rings. The summed E-state index contributed by atoms with van der Waals surface area (Å²) >= 11 is 5.79. The van der Waals surface area contributed by atoms with Crippen molar-refractivity contribution in [3.05, 3.63) is 40.6 Å². The van der Waals surface area contributed by atoms with Gasteiger partial charge >= 0.3 is 5.97 Å². The van der Waals surface area contributed by atoms with E-state index in [0.717, 1.165) is 0 Å². The molecular formula is C12H11ClN2O5S. The third kappa shape index (κ3) is 2.86. The van der Waals surface area contributed by atoms with Crippen LogP contribution in [0.15, 0.2) is 27.6 Å². The Morgan fingerprint density at radius 1 is 1.38 bits per heavy atom. The Labute approximate surface area is 125 Å². The first-order chi connectivity index (χ1) is 9.74. The van der Waals surface area contributed by atoms with E-state index < -0.39 is 26.5 Å². The number of anilines is 1. The second kappa shape index (κ2) is 5.38. The first-order valence-electron chi connectivity index (χ1n) is 5.70. The summed E-state index contributed by atoms with van der Waals surface area (Å²) in [6.07, 6.45) is 1.40. The molecule has 0 spiro atoms. The Morgan fingerprint density at radius 2 is 2.05 bits per heavy atom. The first kappa shape index (κ1) is 15.3. The third-order valence-electron chi connectivity index (χ3n) is 2.69. The number of furan rings is 1.